The summed E-state index contributed by atoms with van der Waals surface area (Å²) in [5.74, 6) is 0.00479. The third-order valence-corrected chi connectivity index (χ3v) is 4.53. The van der Waals surface area contributed by atoms with Crippen LogP contribution in [0, 0.1) is 0 Å². The molecule has 10 heteroatoms. The molecule has 0 radical (unpaired) electrons. The summed E-state index contributed by atoms with van der Waals surface area (Å²) in [5.41, 5.74) is 1.28. The molecule has 0 aliphatic carbocycles. The highest BCUT2D eigenvalue weighted by Crippen LogP contribution is 2.15. The van der Waals surface area contributed by atoms with E-state index in [1.54, 1.807) is 24.3 Å². The quantitative estimate of drug-likeness (QED) is 0.354. The van der Waals surface area contributed by atoms with Gasteiger partial charge >= 0.3 is 5.97 Å². The van der Waals surface area contributed by atoms with E-state index in [0.717, 1.165) is 11.8 Å². The first-order chi connectivity index (χ1) is 14.4. The molecule has 0 fully saturated rings. The molecule has 0 aliphatic rings. The number of nitrogens with zero attached hydrogens (tertiary/aromatic N) is 3. The second kappa shape index (κ2) is 9.99. The minimum absolute atomic E-state index is 0.0370. The smallest absolute Gasteiger partial charge is 0.338 e. The lowest BCUT2D eigenvalue weighted by Gasteiger charge is -2.17. The highest BCUT2D eigenvalue weighted by atomic mass is 32.2. The zero-order chi connectivity index (χ0) is 21.4. The number of aromatic nitrogens is 3. The van der Waals surface area contributed by atoms with Gasteiger partial charge in [-0.1, -0.05) is 30.3 Å². The van der Waals surface area contributed by atoms with Gasteiger partial charge in [0, 0.05) is 0 Å². The van der Waals surface area contributed by atoms with E-state index in [1.165, 1.54) is 17.3 Å². The van der Waals surface area contributed by atoms with Gasteiger partial charge in [-0.25, -0.2) is 9.78 Å². The third kappa shape index (κ3) is 6.98. The number of hydrogen-bond acceptors (Lipinski definition) is 8. The van der Waals surface area contributed by atoms with Crippen molar-refractivity contribution in [3.05, 3.63) is 78.4 Å². The van der Waals surface area contributed by atoms with Crippen LogP contribution in [-0.4, -0.2) is 48.1 Å². The van der Waals surface area contributed by atoms with Gasteiger partial charge < -0.3 is 9.47 Å². The summed E-state index contributed by atoms with van der Waals surface area (Å²) in [6, 6.07) is 15.7. The fraction of sp³-hybridized carbons (Fsp3) is 0.250. The fourth-order valence-electron chi connectivity index (χ4n) is 2.58. The van der Waals surface area contributed by atoms with Crippen LogP contribution in [0.1, 0.15) is 15.9 Å². The van der Waals surface area contributed by atoms with Crippen molar-refractivity contribution >= 4 is 16.1 Å². The van der Waals surface area contributed by atoms with E-state index in [4.69, 9.17) is 13.7 Å². The van der Waals surface area contributed by atoms with E-state index in [2.05, 4.69) is 10.1 Å². The van der Waals surface area contributed by atoms with Gasteiger partial charge in [-0.05, 0) is 29.8 Å². The van der Waals surface area contributed by atoms with Crippen LogP contribution in [0.2, 0.25) is 0 Å². The van der Waals surface area contributed by atoms with Crippen molar-refractivity contribution in [2.45, 2.75) is 19.3 Å². The lowest BCUT2D eigenvalue weighted by Crippen LogP contribution is -2.29. The highest BCUT2D eigenvalue weighted by Gasteiger charge is 2.18. The van der Waals surface area contributed by atoms with Crippen molar-refractivity contribution in [2.24, 2.45) is 0 Å². The van der Waals surface area contributed by atoms with E-state index in [1.807, 2.05) is 30.3 Å². The Morgan fingerprint density at radius 2 is 1.83 bits per heavy atom. The molecule has 1 unspecified atom stereocenters. The van der Waals surface area contributed by atoms with Crippen LogP contribution in [0.15, 0.2) is 67.3 Å². The number of hydrogen-bond donors (Lipinski definition) is 0. The lowest BCUT2D eigenvalue weighted by atomic mass is 10.2. The predicted molar refractivity (Wildman–Crippen MR) is 107 cm³/mol. The van der Waals surface area contributed by atoms with Crippen LogP contribution in [0.5, 0.6) is 5.75 Å². The van der Waals surface area contributed by atoms with Gasteiger partial charge in [0.15, 0.2) is 0 Å². The van der Waals surface area contributed by atoms with Gasteiger partial charge in [0.1, 0.15) is 37.7 Å². The molecule has 1 heterocycles. The van der Waals surface area contributed by atoms with Crippen molar-refractivity contribution in [1.82, 2.24) is 14.8 Å². The standard InChI is InChI=1S/C20H21N3O6S/c1-30(25,26)29-19(11-23-15-21-14-22-23)13-27-18-9-7-17(8-10-18)20(24)28-12-16-5-3-2-4-6-16/h2-10,14-15,19H,11-13H2,1H3. The van der Waals surface area contributed by atoms with Crippen molar-refractivity contribution in [1.29, 1.82) is 0 Å². The predicted octanol–water partition coefficient (Wildman–Crippen LogP) is 2.06. The van der Waals surface area contributed by atoms with Crippen molar-refractivity contribution < 1.29 is 26.9 Å². The molecule has 9 nitrogen and oxygen atoms in total. The second-order valence-electron chi connectivity index (χ2n) is 6.44. The van der Waals surface area contributed by atoms with Crippen LogP contribution < -0.4 is 4.74 Å². The summed E-state index contributed by atoms with van der Waals surface area (Å²) in [7, 11) is -3.68. The minimum Gasteiger partial charge on any atom is -0.491 e. The normalized spacial score (nSPS) is 12.3. The summed E-state index contributed by atoms with van der Waals surface area (Å²) in [6.07, 6.45) is 2.97. The Bertz CT molecular complexity index is 1040. The van der Waals surface area contributed by atoms with Gasteiger partial charge in [0.05, 0.1) is 18.4 Å². The number of rotatable bonds is 10. The summed E-state index contributed by atoms with van der Waals surface area (Å²) in [6.45, 7) is 0.298. The Balaban J connectivity index is 1.54. The molecule has 0 N–H and O–H groups in total. The first-order valence-electron chi connectivity index (χ1n) is 9.03. The zero-order valence-corrected chi connectivity index (χ0v) is 17.1. The fourth-order valence-corrected chi connectivity index (χ4v) is 3.19. The molecule has 3 rings (SSSR count). The maximum Gasteiger partial charge on any atom is 0.338 e. The monoisotopic (exact) mass is 431 g/mol. The molecule has 30 heavy (non-hydrogen) atoms. The maximum absolute atomic E-state index is 12.2. The minimum atomic E-state index is -3.68. The van der Waals surface area contributed by atoms with Gasteiger partial charge in [-0.15, -0.1) is 0 Å². The number of carbonyl (C=O) groups excluding carboxylic acids is 1. The van der Waals surface area contributed by atoms with Crippen molar-refractivity contribution in [3.63, 3.8) is 0 Å². The SMILES string of the molecule is CS(=O)(=O)OC(COc1ccc(C(=O)OCc2ccccc2)cc1)Cn1cncn1. The molecule has 0 saturated carbocycles. The van der Waals surface area contributed by atoms with Crippen LogP contribution in [0.4, 0.5) is 0 Å². The second-order valence-corrected chi connectivity index (χ2v) is 8.04. The molecular weight excluding hydrogens is 410 g/mol. The molecule has 158 valence electrons. The maximum atomic E-state index is 12.2. The van der Waals surface area contributed by atoms with Crippen molar-refractivity contribution in [2.75, 3.05) is 12.9 Å². The highest BCUT2D eigenvalue weighted by molar-refractivity contribution is 7.86. The molecule has 3 aromatic rings. The number of carbonyl (C=O) groups is 1. The van der Waals surface area contributed by atoms with Crippen LogP contribution in [0.3, 0.4) is 0 Å². The molecule has 0 bridgehead atoms. The van der Waals surface area contributed by atoms with Crippen LogP contribution >= 0.6 is 0 Å². The number of benzene rings is 2. The average Bonchev–Trinajstić information content (AvgIpc) is 3.23. The Labute approximate surface area is 174 Å². The number of ether oxygens (including phenoxy) is 2. The van der Waals surface area contributed by atoms with E-state index in [0.29, 0.717) is 11.3 Å². The van der Waals surface area contributed by atoms with Crippen LogP contribution in [-0.2, 0) is 32.2 Å². The van der Waals surface area contributed by atoms with Gasteiger partial charge in [0.2, 0.25) is 0 Å². The van der Waals surface area contributed by atoms with Crippen LogP contribution in [0.25, 0.3) is 0 Å². The topological polar surface area (TPSA) is 110 Å². The van der Waals surface area contributed by atoms with Gasteiger partial charge in [0.25, 0.3) is 10.1 Å². The third-order valence-electron chi connectivity index (χ3n) is 3.91. The van der Waals surface area contributed by atoms with E-state index >= 15 is 0 Å². The number of esters is 1. The Morgan fingerprint density at radius 3 is 2.47 bits per heavy atom. The van der Waals surface area contributed by atoms with E-state index in [9.17, 15) is 13.2 Å². The molecule has 1 aromatic heterocycles. The van der Waals surface area contributed by atoms with Gasteiger partial charge in [-0.2, -0.15) is 13.5 Å². The molecule has 0 aliphatic heterocycles. The molecular formula is C20H21N3O6S. The Morgan fingerprint density at radius 1 is 1.10 bits per heavy atom. The first kappa shape index (κ1) is 21.5. The van der Waals surface area contributed by atoms with E-state index in [-0.39, 0.29) is 19.8 Å². The molecule has 0 spiro atoms. The summed E-state index contributed by atoms with van der Waals surface area (Å²) < 4.78 is 40.4. The van der Waals surface area contributed by atoms with Crippen molar-refractivity contribution in [3.8, 4) is 5.75 Å². The summed E-state index contributed by atoms with van der Waals surface area (Å²) in [5, 5.41) is 3.94. The molecule has 1 atom stereocenters. The molecule has 2 aromatic carbocycles. The molecule has 0 saturated heterocycles. The van der Waals surface area contributed by atoms with Gasteiger partial charge in [-0.3, -0.25) is 8.86 Å². The Hall–Kier alpha value is -3.24. The zero-order valence-electron chi connectivity index (χ0n) is 16.2. The first-order valence-corrected chi connectivity index (χ1v) is 10.9. The molecule has 0 amide bonds. The summed E-state index contributed by atoms with van der Waals surface area (Å²) >= 11 is 0. The summed E-state index contributed by atoms with van der Waals surface area (Å²) in [4.78, 5) is 16.0. The Kier molecular flexibility index (Phi) is 7.15. The average molecular weight is 431 g/mol. The van der Waals surface area contributed by atoms with E-state index < -0.39 is 22.2 Å². The lowest BCUT2D eigenvalue weighted by molar-refractivity contribution is 0.0472. The largest absolute Gasteiger partial charge is 0.491 e.